The van der Waals surface area contributed by atoms with Crippen LogP contribution in [0, 0.1) is 6.92 Å². The summed E-state index contributed by atoms with van der Waals surface area (Å²) >= 11 is 0. The molecule has 1 aromatic heterocycles. The van der Waals surface area contributed by atoms with Crippen LogP contribution in [0.1, 0.15) is 50.2 Å². The highest BCUT2D eigenvalue weighted by molar-refractivity contribution is 5.83. The Morgan fingerprint density at radius 2 is 1.83 bits per heavy atom. The van der Waals surface area contributed by atoms with Crippen molar-refractivity contribution in [1.29, 1.82) is 0 Å². The summed E-state index contributed by atoms with van der Waals surface area (Å²) in [5.41, 5.74) is 7.55. The van der Waals surface area contributed by atoms with Gasteiger partial charge in [-0.1, -0.05) is 32.6 Å². The molecule has 1 heterocycles. The van der Waals surface area contributed by atoms with Gasteiger partial charge in [-0.2, -0.15) is 0 Å². The van der Waals surface area contributed by atoms with Crippen molar-refractivity contribution in [2.24, 2.45) is 0 Å². The van der Waals surface area contributed by atoms with Gasteiger partial charge in [0.1, 0.15) is 11.8 Å². The second-order valence-electron chi connectivity index (χ2n) is 7.56. The van der Waals surface area contributed by atoms with Gasteiger partial charge in [-0.05, 0) is 31.0 Å². The smallest absolute Gasteiger partial charge is 0.339 e. The maximum Gasteiger partial charge on any atom is 0.339 e. The summed E-state index contributed by atoms with van der Waals surface area (Å²) in [4.78, 5) is 12.3. The molecule has 0 aliphatic carbocycles. The van der Waals surface area contributed by atoms with Crippen molar-refractivity contribution in [2.75, 3.05) is 38.7 Å². The van der Waals surface area contributed by atoms with Gasteiger partial charge in [-0.25, -0.2) is 4.79 Å². The van der Waals surface area contributed by atoms with Crippen molar-refractivity contribution in [2.45, 2.75) is 58.6 Å². The number of fused-ring (bicyclic) bond motifs is 1. The Hall–Kier alpha value is -1.93. The zero-order valence-corrected chi connectivity index (χ0v) is 18.2. The van der Waals surface area contributed by atoms with Crippen LogP contribution in [0.3, 0.4) is 0 Å². The highest BCUT2D eigenvalue weighted by Gasteiger charge is 2.15. The van der Waals surface area contributed by atoms with Gasteiger partial charge >= 0.3 is 5.63 Å². The molecule has 1 atom stereocenters. The monoisotopic (exact) mass is 420 g/mol. The number of aryl methyl sites for hydroxylation is 1. The SMILES string of the molecule is CCCCCCCOCCOCCN[C@@H](O)Cc1c(C)c2ccc(N)cc2oc1=O. The fourth-order valence-corrected chi connectivity index (χ4v) is 3.34. The Kier molecular flexibility index (Phi) is 10.9. The number of nitrogen functional groups attached to an aromatic ring is 1. The van der Waals surface area contributed by atoms with Crippen LogP contribution in [0.5, 0.6) is 0 Å². The quantitative estimate of drug-likeness (QED) is 0.176. The zero-order chi connectivity index (χ0) is 21.8. The molecule has 0 fully saturated rings. The molecule has 2 aromatic rings. The van der Waals surface area contributed by atoms with E-state index in [-0.39, 0.29) is 6.42 Å². The van der Waals surface area contributed by atoms with E-state index >= 15 is 0 Å². The Bertz CT molecular complexity index is 821. The number of rotatable bonds is 15. The number of unbranched alkanes of at least 4 members (excludes halogenated alkanes) is 4. The summed E-state index contributed by atoms with van der Waals surface area (Å²) in [7, 11) is 0. The predicted octanol–water partition coefficient (Wildman–Crippen LogP) is 3.14. The second kappa shape index (κ2) is 13.4. The van der Waals surface area contributed by atoms with Crippen LogP contribution in [0.2, 0.25) is 0 Å². The van der Waals surface area contributed by atoms with Gasteiger partial charge in [0.25, 0.3) is 0 Å². The van der Waals surface area contributed by atoms with E-state index in [4.69, 9.17) is 19.6 Å². The van der Waals surface area contributed by atoms with Crippen LogP contribution in [-0.4, -0.2) is 44.3 Å². The Morgan fingerprint density at radius 1 is 1.10 bits per heavy atom. The van der Waals surface area contributed by atoms with Gasteiger partial charge in [0.15, 0.2) is 0 Å². The molecule has 0 spiro atoms. The van der Waals surface area contributed by atoms with Gasteiger partial charge in [-0.15, -0.1) is 0 Å². The topological polar surface area (TPSA) is 107 Å². The van der Waals surface area contributed by atoms with E-state index in [1.54, 1.807) is 12.1 Å². The van der Waals surface area contributed by atoms with E-state index in [2.05, 4.69) is 12.2 Å². The molecule has 0 radical (unpaired) electrons. The molecule has 0 aliphatic rings. The molecule has 0 bridgehead atoms. The number of anilines is 1. The van der Waals surface area contributed by atoms with Crippen LogP contribution in [0.4, 0.5) is 5.69 Å². The lowest BCUT2D eigenvalue weighted by Gasteiger charge is -2.14. The zero-order valence-electron chi connectivity index (χ0n) is 18.2. The molecule has 0 unspecified atom stereocenters. The van der Waals surface area contributed by atoms with Crippen LogP contribution in [0.15, 0.2) is 27.4 Å². The van der Waals surface area contributed by atoms with Gasteiger partial charge in [-0.3, -0.25) is 5.32 Å². The minimum atomic E-state index is -0.860. The minimum Gasteiger partial charge on any atom is -0.422 e. The summed E-state index contributed by atoms with van der Waals surface area (Å²) in [5.74, 6) is 0. The normalized spacial score (nSPS) is 12.5. The first kappa shape index (κ1) is 24.3. The molecule has 4 N–H and O–H groups in total. The average Bonchev–Trinajstić information content (AvgIpc) is 2.71. The molecule has 1 aromatic carbocycles. The molecule has 0 amide bonds. The van der Waals surface area contributed by atoms with Crippen molar-refractivity contribution >= 4 is 16.7 Å². The third-order valence-electron chi connectivity index (χ3n) is 5.10. The highest BCUT2D eigenvalue weighted by Crippen LogP contribution is 2.22. The van der Waals surface area contributed by atoms with Crippen molar-refractivity contribution in [3.8, 4) is 0 Å². The summed E-state index contributed by atoms with van der Waals surface area (Å²) in [5, 5.41) is 14.0. The fraction of sp³-hybridized carbons (Fsp3) is 0.609. The number of nitrogens with one attached hydrogen (secondary N) is 1. The van der Waals surface area contributed by atoms with E-state index in [9.17, 15) is 9.90 Å². The van der Waals surface area contributed by atoms with E-state index in [1.807, 2.05) is 13.0 Å². The van der Waals surface area contributed by atoms with Gasteiger partial charge in [0.05, 0.1) is 19.8 Å². The predicted molar refractivity (Wildman–Crippen MR) is 120 cm³/mol. The maximum atomic E-state index is 12.3. The lowest BCUT2D eigenvalue weighted by atomic mass is 10.0. The molecule has 7 nitrogen and oxygen atoms in total. The molecule has 0 saturated carbocycles. The molecule has 0 saturated heterocycles. The third-order valence-corrected chi connectivity index (χ3v) is 5.10. The van der Waals surface area contributed by atoms with Gasteiger partial charge in [0, 0.05) is 42.3 Å². The first-order valence-electron chi connectivity index (χ1n) is 10.9. The summed E-state index contributed by atoms with van der Waals surface area (Å²) in [6.45, 7) is 6.89. The first-order chi connectivity index (χ1) is 14.5. The second-order valence-corrected chi connectivity index (χ2v) is 7.56. The molecular weight excluding hydrogens is 384 g/mol. The van der Waals surface area contributed by atoms with Crippen LogP contribution < -0.4 is 16.7 Å². The van der Waals surface area contributed by atoms with E-state index in [1.165, 1.54) is 25.7 Å². The first-order valence-corrected chi connectivity index (χ1v) is 10.9. The van der Waals surface area contributed by atoms with Gasteiger partial charge < -0.3 is 24.7 Å². The number of aliphatic hydroxyl groups is 1. The Morgan fingerprint density at radius 3 is 2.60 bits per heavy atom. The minimum absolute atomic E-state index is 0.162. The molecule has 30 heavy (non-hydrogen) atoms. The number of ether oxygens (including phenoxy) is 2. The third kappa shape index (κ3) is 8.07. The fourth-order valence-electron chi connectivity index (χ4n) is 3.34. The van der Waals surface area contributed by atoms with Crippen molar-refractivity contribution < 1.29 is 19.0 Å². The van der Waals surface area contributed by atoms with Crippen LogP contribution in [0.25, 0.3) is 11.0 Å². The summed E-state index contributed by atoms with van der Waals surface area (Å²) < 4.78 is 16.4. The van der Waals surface area contributed by atoms with Crippen LogP contribution in [-0.2, 0) is 15.9 Å². The lowest BCUT2D eigenvalue weighted by Crippen LogP contribution is -2.35. The van der Waals surface area contributed by atoms with E-state index in [0.29, 0.717) is 43.2 Å². The number of aliphatic hydroxyl groups excluding tert-OH is 1. The maximum absolute atomic E-state index is 12.3. The largest absolute Gasteiger partial charge is 0.422 e. The standard InChI is InChI=1S/C23H36N2O5/c1-3-4-5-6-7-11-28-13-14-29-12-10-25-22(26)16-20-17(2)19-9-8-18(24)15-21(19)30-23(20)27/h8-9,15,22,25-26H,3-7,10-14,16,24H2,1-2H3/t22-/m0/s1. The van der Waals surface area contributed by atoms with Gasteiger partial charge in [0.2, 0.25) is 0 Å². The summed E-state index contributed by atoms with van der Waals surface area (Å²) in [6, 6.07) is 5.23. The number of hydrogen-bond acceptors (Lipinski definition) is 7. The lowest BCUT2D eigenvalue weighted by molar-refractivity contribution is 0.0415. The average molecular weight is 421 g/mol. The molecule has 168 valence electrons. The number of benzene rings is 1. The van der Waals surface area contributed by atoms with Crippen molar-refractivity contribution in [1.82, 2.24) is 5.32 Å². The molecule has 0 aliphatic heterocycles. The summed E-state index contributed by atoms with van der Waals surface area (Å²) in [6.07, 6.45) is 5.45. The van der Waals surface area contributed by atoms with E-state index in [0.717, 1.165) is 24.0 Å². The number of hydrogen-bond donors (Lipinski definition) is 3. The molecular formula is C23H36N2O5. The molecule has 2 rings (SSSR count). The van der Waals surface area contributed by atoms with Crippen molar-refractivity contribution in [3.63, 3.8) is 0 Å². The Balaban J connectivity index is 1.63. The number of nitrogens with two attached hydrogens (primary N) is 1. The Labute approximate surface area is 178 Å². The van der Waals surface area contributed by atoms with Crippen LogP contribution >= 0.6 is 0 Å². The molecule has 7 heteroatoms. The highest BCUT2D eigenvalue weighted by atomic mass is 16.5. The van der Waals surface area contributed by atoms with E-state index < -0.39 is 11.9 Å². The van der Waals surface area contributed by atoms with Crippen molar-refractivity contribution in [3.05, 3.63) is 39.7 Å².